The zero-order chi connectivity index (χ0) is 13.1. The molecule has 0 amide bonds. The summed E-state index contributed by atoms with van der Waals surface area (Å²) in [7, 11) is 0. The van der Waals surface area contributed by atoms with Crippen molar-refractivity contribution in [3.8, 4) is 0 Å². The molecule has 18 heavy (non-hydrogen) atoms. The molecule has 1 aromatic rings. The Kier molecular flexibility index (Phi) is 4.21. The number of carbonyl (C=O) groups is 1. The molecular formula is C17H24O. The predicted octanol–water partition coefficient (Wildman–Crippen LogP) is 4.12. The molecule has 0 heterocycles. The van der Waals surface area contributed by atoms with Crippen molar-refractivity contribution in [2.75, 3.05) is 0 Å². The maximum atomic E-state index is 12.6. The van der Waals surface area contributed by atoms with E-state index in [-0.39, 0.29) is 11.8 Å². The van der Waals surface area contributed by atoms with Crippen molar-refractivity contribution in [1.29, 1.82) is 0 Å². The standard InChI is InChI=1S/C17H24O/c1-12(2)15-10-9-13(3)16(17(15)18)11-14-7-5-4-6-8-14/h4-8,12-13,15-16H,9-11H2,1-3H3/t13-,15-,16+/m0/s1. The highest BCUT2D eigenvalue weighted by Gasteiger charge is 2.36. The van der Waals surface area contributed by atoms with Crippen LogP contribution in [0.25, 0.3) is 0 Å². The molecule has 0 N–H and O–H groups in total. The molecule has 2 rings (SSSR count). The Morgan fingerprint density at radius 3 is 2.44 bits per heavy atom. The van der Waals surface area contributed by atoms with Crippen molar-refractivity contribution in [2.45, 2.75) is 40.0 Å². The molecule has 0 saturated heterocycles. The maximum absolute atomic E-state index is 12.6. The molecule has 1 saturated carbocycles. The van der Waals surface area contributed by atoms with Crippen LogP contribution in [0.5, 0.6) is 0 Å². The van der Waals surface area contributed by atoms with E-state index in [0.29, 0.717) is 17.6 Å². The molecule has 0 aliphatic heterocycles. The molecule has 0 bridgehead atoms. The number of rotatable bonds is 3. The Bertz CT molecular complexity index is 393. The van der Waals surface area contributed by atoms with E-state index in [9.17, 15) is 4.79 Å². The summed E-state index contributed by atoms with van der Waals surface area (Å²) in [5, 5.41) is 0. The second-order valence-corrected chi connectivity index (χ2v) is 6.10. The number of benzene rings is 1. The zero-order valence-electron chi connectivity index (χ0n) is 11.7. The van der Waals surface area contributed by atoms with Crippen LogP contribution in [-0.2, 0) is 11.2 Å². The van der Waals surface area contributed by atoms with E-state index in [0.717, 1.165) is 12.8 Å². The molecule has 3 atom stereocenters. The van der Waals surface area contributed by atoms with Gasteiger partial charge in [-0.3, -0.25) is 4.79 Å². The summed E-state index contributed by atoms with van der Waals surface area (Å²) >= 11 is 0. The van der Waals surface area contributed by atoms with Crippen LogP contribution in [-0.4, -0.2) is 5.78 Å². The van der Waals surface area contributed by atoms with Crippen LogP contribution in [0.3, 0.4) is 0 Å². The van der Waals surface area contributed by atoms with E-state index in [1.165, 1.54) is 12.0 Å². The highest BCUT2D eigenvalue weighted by atomic mass is 16.1. The quantitative estimate of drug-likeness (QED) is 0.781. The van der Waals surface area contributed by atoms with Crippen molar-refractivity contribution in [1.82, 2.24) is 0 Å². The first-order valence-electron chi connectivity index (χ1n) is 7.17. The zero-order valence-corrected chi connectivity index (χ0v) is 11.7. The summed E-state index contributed by atoms with van der Waals surface area (Å²) in [5.41, 5.74) is 1.30. The van der Waals surface area contributed by atoms with Crippen molar-refractivity contribution in [3.63, 3.8) is 0 Å². The second-order valence-electron chi connectivity index (χ2n) is 6.10. The minimum Gasteiger partial charge on any atom is -0.299 e. The van der Waals surface area contributed by atoms with Gasteiger partial charge in [0.05, 0.1) is 0 Å². The summed E-state index contributed by atoms with van der Waals surface area (Å²) < 4.78 is 0. The van der Waals surface area contributed by atoms with Gasteiger partial charge in [-0.15, -0.1) is 0 Å². The van der Waals surface area contributed by atoms with Crippen LogP contribution >= 0.6 is 0 Å². The van der Waals surface area contributed by atoms with Gasteiger partial charge in [-0.25, -0.2) is 0 Å². The summed E-state index contributed by atoms with van der Waals surface area (Å²) in [6, 6.07) is 10.4. The number of Topliss-reactive ketones (excluding diaryl/α,β-unsaturated/α-hetero) is 1. The monoisotopic (exact) mass is 244 g/mol. The molecule has 0 radical (unpaired) electrons. The Morgan fingerprint density at radius 2 is 1.83 bits per heavy atom. The molecule has 1 nitrogen and oxygen atoms in total. The van der Waals surface area contributed by atoms with Gasteiger partial charge in [-0.05, 0) is 36.7 Å². The minimum atomic E-state index is 0.230. The van der Waals surface area contributed by atoms with Gasteiger partial charge in [0, 0.05) is 11.8 Å². The summed E-state index contributed by atoms with van der Waals surface area (Å²) in [6.45, 7) is 6.60. The first kappa shape index (κ1) is 13.3. The summed E-state index contributed by atoms with van der Waals surface area (Å²) in [4.78, 5) is 12.6. The molecule has 1 fully saturated rings. The van der Waals surface area contributed by atoms with E-state index in [1.54, 1.807) is 0 Å². The Morgan fingerprint density at radius 1 is 1.17 bits per heavy atom. The van der Waals surface area contributed by atoms with Gasteiger partial charge in [0.15, 0.2) is 0 Å². The van der Waals surface area contributed by atoms with Crippen LogP contribution in [0.2, 0.25) is 0 Å². The van der Waals surface area contributed by atoms with Crippen LogP contribution < -0.4 is 0 Å². The molecule has 0 unspecified atom stereocenters. The lowest BCUT2D eigenvalue weighted by molar-refractivity contribution is -0.132. The molecular weight excluding hydrogens is 220 g/mol. The van der Waals surface area contributed by atoms with Crippen molar-refractivity contribution in [3.05, 3.63) is 35.9 Å². The first-order valence-corrected chi connectivity index (χ1v) is 7.17. The SMILES string of the molecule is CC(C)[C@@H]1CC[C@H](C)[C@@H](Cc2ccccc2)C1=O. The van der Waals surface area contributed by atoms with Crippen molar-refractivity contribution < 1.29 is 4.79 Å². The number of hydrogen-bond donors (Lipinski definition) is 0. The van der Waals surface area contributed by atoms with Gasteiger partial charge in [0.1, 0.15) is 5.78 Å². The van der Waals surface area contributed by atoms with Gasteiger partial charge >= 0.3 is 0 Å². The van der Waals surface area contributed by atoms with Crippen LogP contribution in [0.15, 0.2) is 30.3 Å². The lowest BCUT2D eigenvalue weighted by atomic mass is 9.68. The largest absolute Gasteiger partial charge is 0.299 e. The lowest BCUT2D eigenvalue weighted by Crippen LogP contribution is -2.37. The average Bonchev–Trinajstić information content (AvgIpc) is 2.35. The van der Waals surface area contributed by atoms with Crippen molar-refractivity contribution >= 4 is 5.78 Å². The van der Waals surface area contributed by atoms with E-state index >= 15 is 0 Å². The summed E-state index contributed by atoms with van der Waals surface area (Å²) in [5.74, 6) is 2.05. The Labute approximate surface area is 111 Å². The normalized spacial score (nSPS) is 28.7. The topological polar surface area (TPSA) is 17.1 Å². The molecule has 1 heteroatoms. The third-order valence-electron chi connectivity index (χ3n) is 4.45. The van der Waals surface area contributed by atoms with E-state index in [1.807, 2.05) is 6.07 Å². The van der Waals surface area contributed by atoms with E-state index < -0.39 is 0 Å². The lowest BCUT2D eigenvalue weighted by Gasteiger charge is -2.35. The van der Waals surface area contributed by atoms with Crippen molar-refractivity contribution in [2.24, 2.45) is 23.7 Å². The fraction of sp³-hybridized carbons (Fsp3) is 0.588. The second kappa shape index (κ2) is 5.69. The third kappa shape index (κ3) is 2.82. The molecule has 98 valence electrons. The van der Waals surface area contributed by atoms with E-state index in [4.69, 9.17) is 0 Å². The van der Waals surface area contributed by atoms with Crippen LogP contribution in [0, 0.1) is 23.7 Å². The highest BCUT2D eigenvalue weighted by molar-refractivity contribution is 5.85. The molecule has 1 aromatic carbocycles. The van der Waals surface area contributed by atoms with Gasteiger partial charge < -0.3 is 0 Å². The van der Waals surface area contributed by atoms with Gasteiger partial charge in [-0.1, -0.05) is 51.1 Å². The summed E-state index contributed by atoms with van der Waals surface area (Å²) in [6.07, 6.45) is 3.21. The fourth-order valence-corrected chi connectivity index (χ4v) is 3.17. The van der Waals surface area contributed by atoms with Crippen LogP contribution in [0.4, 0.5) is 0 Å². The Balaban J connectivity index is 2.12. The highest BCUT2D eigenvalue weighted by Crippen LogP contribution is 2.36. The first-order chi connectivity index (χ1) is 8.59. The molecule has 0 aromatic heterocycles. The van der Waals surface area contributed by atoms with Gasteiger partial charge in [0.25, 0.3) is 0 Å². The number of carbonyl (C=O) groups excluding carboxylic acids is 1. The Hall–Kier alpha value is -1.11. The minimum absolute atomic E-state index is 0.230. The maximum Gasteiger partial charge on any atom is 0.139 e. The average molecular weight is 244 g/mol. The fourth-order valence-electron chi connectivity index (χ4n) is 3.17. The molecule has 0 spiro atoms. The molecule has 1 aliphatic rings. The molecule has 1 aliphatic carbocycles. The van der Waals surface area contributed by atoms with Crippen LogP contribution in [0.1, 0.15) is 39.2 Å². The van der Waals surface area contributed by atoms with Gasteiger partial charge in [-0.2, -0.15) is 0 Å². The number of ketones is 1. The smallest absolute Gasteiger partial charge is 0.139 e. The third-order valence-corrected chi connectivity index (χ3v) is 4.45. The predicted molar refractivity (Wildman–Crippen MR) is 75.4 cm³/mol. The number of hydrogen-bond acceptors (Lipinski definition) is 1. The van der Waals surface area contributed by atoms with E-state index in [2.05, 4.69) is 45.0 Å². The van der Waals surface area contributed by atoms with Gasteiger partial charge in [0.2, 0.25) is 0 Å².